The molecule has 0 bridgehead atoms. The molecule has 3 heteroatoms. The van der Waals surface area contributed by atoms with Crippen molar-refractivity contribution in [1.82, 2.24) is 4.90 Å². The lowest BCUT2D eigenvalue weighted by Crippen LogP contribution is -2.23. The lowest BCUT2D eigenvalue weighted by molar-refractivity contribution is 0.487. The predicted molar refractivity (Wildman–Crippen MR) is 41.8 cm³/mol. The van der Waals surface area contributed by atoms with Crippen molar-refractivity contribution in [3.8, 4) is 0 Å². The Kier molecular flexibility index (Phi) is 1.76. The zero-order chi connectivity index (χ0) is 7.56. The maximum atomic E-state index is 6.96. The van der Waals surface area contributed by atoms with Crippen LogP contribution in [0.2, 0.25) is 0 Å². The summed E-state index contributed by atoms with van der Waals surface area (Å²) >= 11 is 0. The Balaban J connectivity index is 2.82. The summed E-state index contributed by atoms with van der Waals surface area (Å²) in [5, 5.41) is 6.96. The molecule has 1 aliphatic heterocycles. The zero-order valence-electron chi connectivity index (χ0n) is 5.96. The Morgan fingerprint density at radius 1 is 1.80 bits per heavy atom. The highest BCUT2D eigenvalue weighted by atomic mass is 15.1. The van der Waals surface area contributed by atoms with E-state index >= 15 is 0 Å². The predicted octanol–water partition coefficient (Wildman–Crippen LogP) is 0.308. The van der Waals surface area contributed by atoms with Gasteiger partial charge in [-0.25, -0.2) is 0 Å². The molecule has 0 aromatic heterocycles. The number of hydrogen-bond acceptors (Lipinski definition) is 3. The summed E-state index contributed by atoms with van der Waals surface area (Å²) in [5.41, 5.74) is 7.20. The molecule has 1 heterocycles. The molecular weight excluding hydrogens is 126 g/mol. The third-order valence-electron chi connectivity index (χ3n) is 1.45. The fraction of sp³-hybridized carbons (Fsp3) is 0.286. The first-order chi connectivity index (χ1) is 4.74. The summed E-state index contributed by atoms with van der Waals surface area (Å²) in [4.78, 5) is 1.97. The molecule has 0 fully saturated rings. The van der Waals surface area contributed by atoms with Crippen molar-refractivity contribution in [3.05, 3.63) is 23.5 Å². The monoisotopic (exact) mass is 137 g/mol. The van der Waals surface area contributed by atoms with Crippen LogP contribution in [0.25, 0.3) is 0 Å². The standard InChI is InChI=1S/C7H11N3/c1-10-3-2-6(4-8)7(9)5-10/h2-4,8H,5,9H2,1H3. The fourth-order valence-electron chi connectivity index (χ4n) is 0.868. The van der Waals surface area contributed by atoms with Gasteiger partial charge in [0.1, 0.15) is 0 Å². The van der Waals surface area contributed by atoms with E-state index in [-0.39, 0.29) is 0 Å². The maximum absolute atomic E-state index is 6.96. The minimum absolute atomic E-state index is 0.723. The van der Waals surface area contributed by atoms with Gasteiger partial charge >= 0.3 is 0 Å². The van der Waals surface area contributed by atoms with Crippen LogP contribution in [0.1, 0.15) is 0 Å². The van der Waals surface area contributed by atoms with Gasteiger partial charge in [-0.1, -0.05) is 0 Å². The molecule has 3 nitrogen and oxygen atoms in total. The Hall–Kier alpha value is -1.25. The molecule has 0 atom stereocenters. The Labute approximate surface area is 60.3 Å². The number of allylic oxidation sites excluding steroid dienone is 2. The van der Waals surface area contributed by atoms with E-state index in [1.807, 2.05) is 24.2 Å². The van der Waals surface area contributed by atoms with Gasteiger partial charge in [-0.05, 0) is 12.3 Å². The molecule has 0 saturated heterocycles. The van der Waals surface area contributed by atoms with Crippen LogP contribution in [0.5, 0.6) is 0 Å². The van der Waals surface area contributed by atoms with Crippen LogP contribution < -0.4 is 5.73 Å². The van der Waals surface area contributed by atoms with E-state index in [0.717, 1.165) is 17.8 Å². The highest BCUT2D eigenvalue weighted by molar-refractivity contribution is 5.81. The molecule has 0 aromatic carbocycles. The van der Waals surface area contributed by atoms with Gasteiger partial charge in [0.2, 0.25) is 0 Å². The number of nitrogens with two attached hydrogens (primary N) is 1. The minimum atomic E-state index is 0.723. The zero-order valence-corrected chi connectivity index (χ0v) is 5.96. The average Bonchev–Trinajstić information content (AvgIpc) is 1.88. The van der Waals surface area contributed by atoms with Gasteiger partial charge in [0.05, 0.1) is 6.54 Å². The van der Waals surface area contributed by atoms with Crippen LogP contribution >= 0.6 is 0 Å². The van der Waals surface area contributed by atoms with Crippen LogP contribution in [-0.2, 0) is 0 Å². The molecule has 0 aliphatic carbocycles. The molecule has 0 unspecified atom stereocenters. The second-order valence-electron chi connectivity index (χ2n) is 2.36. The van der Waals surface area contributed by atoms with Crippen LogP contribution in [0.4, 0.5) is 0 Å². The lowest BCUT2D eigenvalue weighted by Gasteiger charge is -2.19. The molecule has 10 heavy (non-hydrogen) atoms. The largest absolute Gasteiger partial charge is 0.400 e. The number of likely N-dealkylation sites (N-methyl/N-ethyl adjacent to an activating group) is 1. The van der Waals surface area contributed by atoms with E-state index in [9.17, 15) is 0 Å². The first-order valence-electron chi connectivity index (χ1n) is 3.11. The number of nitrogens with zero attached hydrogens (tertiary/aromatic N) is 1. The van der Waals surface area contributed by atoms with Gasteiger partial charge < -0.3 is 16.0 Å². The number of hydrogen-bond donors (Lipinski definition) is 2. The Bertz CT molecular complexity index is 203. The van der Waals surface area contributed by atoms with Gasteiger partial charge in [0, 0.05) is 24.5 Å². The molecule has 1 aliphatic rings. The minimum Gasteiger partial charge on any atom is -0.400 e. The fourth-order valence-corrected chi connectivity index (χ4v) is 0.868. The van der Waals surface area contributed by atoms with E-state index in [4.69, 9.17) is 11.1 Å². The van der Waals surface area contributed by atoms with Crippen LogP contribution in [0.3, 0.4) is 0 Å². The third kappa shape index (κ3) is 1.18. The maximum Gasteiger partial charge on any atom is 0.0572 e. The number of nitrogens with one attached hydrogen (secondary N) is 1. The molecule has 0 aromatic rings. The molecule has 0 saturated carbocycles. The lowest BCUT2D eigenvalue weighted by atomic mass is 10.2. The number of rotatable bonds is 1. The van der Waals surface area contributed by atoms with Crippen molar-refractivity contribution >= 4 is 6.21 Å². The molecule has 0 radical (unpaired) electrons. The van der Waals surface area contributed by atoms with Crippen molar-refractivity contribution in [2.45, 2.75) is 0 Å². The molecule has 3 N–H and O–H groups in total. The topological polar surface area (TPSA) is 53.1 Å². The normalized spacial score (nSPS) is 17.9. The van der Waals surface area contributed by atoms with E-state index in [1.165, 1.54) is 6.21 Å². The Morgan fingerprint density at radius 3 is 3.00 bits per heavy atom. The van der Waals surface area contributed by atoms with E-state index in [1.54, 1.807) is 0 Å². The highest BCUT2D eigenvalue weighted by Gasteiger charge is 2.04. The van der Waals surface area contributed by atoms with Gasteiger partial charge in [0.25, 0.3) is 0 Å². The summed E-state index contributed by atoms with van der Waals surface area (Å²) in [5.74, 6) is 0. The quantitative estimate of drug-likeness (QED) is 0.511. The van der Waals surface area contributed by atoms with Crippen molar-refractivity contribution in [2.24, 2.45) is 5.73 Å². The van der Waals surface area contributed by atoms with E-state index in [0.29, 0.717) is 0 Å². The van der Waals surface area contributed by atoms with Crippen molar-refractivity contribution < 1.29 is 0 Å². The van der Waals surface area contributed by atoms with Gasteiger partial charge in [-0.15, -0.1) is 0 Å². The van der Waals surface area contributed by atoms with Crippen molar-refractivity contribution in [1.29, 1.82) is 5.41 Å². The summed E-state index contributed by atoms with van der Waals surface area (Å²) in [6.45, 7) is 0.723. The molecule has 1 rings (SSSR count). The Morgan fingerprint density at radius 2 is 2.50 bits per heavy atom. The first-order valence-corrected chi connectivity index (χ1v) is 3.11. The van der Waals surface area contributed by atoms with Crippen LogP contribution in [0, 0.1) is 5.41 Å². The summed E-state index contributed by atoms with van der Waals surface area (Å²) < 4.78 is 0. The SMILES string of the molecule is CN1C=CC(C=N)=C(N)C1. The molecule has 0 amide bonds. The van der Waals surface area contributed by atoms with Gasteiger partial charge in [-0.2, -0.15) is 0 Å². The third-order valence-corrected chi connectivity index (χ3v) is 1.45. The second kappa shape index (κ2) is 2.56. The second-order valence-corrected chi connectivity index (χ2v) is 2.36. The molecule has 54 valence electrons. The van der Waals surface area contributed by atoms with Crippen molar-refractivity contribution in [3.63, 3.8) is 0 Å². The van der Waals surface area contributed by atoms with Crippen molar-refractivity contribution in [2.75, 3.05) is 13.6 Å². The summed E-state index contributed by atoms with van der Waals surface area (Å²) in [7, 11) is 1.95. The van der Waals surface area contributed by atoms with E-state index < -0.39 is 0 Å². The van der Waals surface area contributed by atoms with Gasteiger partial charge in [0.15, 0.2) is 0 Å². The molecule has 0 spiro atoms. The van der Waals surface area contributed by atoms with E-state index in [2.05, 4.69) is 0 Å². The van der Waals surface area contributed by atoms with Crippen LogP contribution in [-0.4, -0.2) is 24.7 Å². The summed E-state index contributed by atoms with van der Waals surface area (Å²) in [6.07, 6.45) is 5.03. The smallest absolute Gasteiger partial charge is 0.0572 e. The van der Waals surface area contributed by atoms with Gasteiger partial charge in [-0.3, -0.25) is 0 Å². The molecular formula is C7H11N3. The summed E-state index contributed by atoms with van der Waals surface area (Å²) in [6, 6.07) is 0. The highest BCUT2D eigenvalue weighted by Crippen LogP contribution is 2.06. The first kappa shape index (κ1) is 6.86. The average molecular weight is 137 g/mol. The van der Waals surface area contributed by atoms with Crippen LogP contribution in [0.15, 0.2) is 23.5 Å².